The van der Waals surface area contributed by atoms with Gasteiger partial charge < -0.3 is 5.32 Å². The standard InChI is InChI=1S/C16H20N4OS/c21-14(11-17-13-8-4-5-9-13)18-16-20-19-15(22-16)10-12-6-2-1-3-7-12/h1-3,6-7,13,17H,4-5,8-11H2,(H,18,20,21). The van der Waals surface area contributed by atoms with Crippen molar-refractivity contribution in [3.8, 4) is 0 Å². The molecule has 0 unspecified atom stereocenters. The molecule has 0 radical (unpaired) electrons. The maximum atomic E-state index is 11.9. The van der Waals surface area contributed by atoms with Crippen molar-refractivity contribution in [3.05, 3.63) is 40.9 Å². The van der Waals surface area contributed by atoms with E-state index in [-0.39, 0.29) is 5.91 Å². The average Bonchev–Trinajstić information content (AvgIpc) is 3.18. The Morgan fingerprint density at radius 1 is 1.18 bits per heavy atom. The zero-order valence-electron chi connectivity index (χ0n) is 12.4. The Labute approximate surface area is 134 Å². The van der Waals surface area contributed by atoms with Crippen molar-refractivity contribution in [2.24, 2.45) is 0 Å². The molecule has 0 saturated heterocycles. The number of aromatic nitrogens is 2. The van der Waals surface area contributed by atoms with E-state index in [0.717, 1.165) is 11.4 Å². The van der Waals surface area contributed by atoms with Gasteiger partial charge in [0.2, 0.25) is 11.0 Å². The summed E-state index contributed by atoms with van der Waals surface area (Å²) in [5, 5.41) is 15.8. The van der Waals surface area contributed by atoms with Crippen LogP contribution in [-0.2, 0) is 11.2 Å². The molecule has 0 spiro atoms. The van der Waals surface area contributed by atoms with Crippen LogP contribution in [0.3, 0.4) is 0 Å². The van der Waals surface area contributed by atoms with Gasteiger partial charge in [-0.15, -0.1) is 10.2 Å². The molecule has 1 aromatic carbocycles. The zero-order valence-corrected chi connectivity index (χ0v) is 13.2. The first-order valence-corrected chi connectivity index (χ1v) is 8.51. The summed E-state index contributed by atoms with van der Waals surface area (Å²) in [6.07, 6.45) is 5.62. The Morgan fingerprint density at radius 3 is 2.73 bits per heavy atom. The fourth-order valence-electron chi connectivity index (χ4n) is 2.68. The van der Waals surface area contributed by atoms with E-state index in [9.17, 15) is 4.79 Å². The minimum absolute atomic E-state index is 0.0469. The highest BCUT2D eigenvalue weighted by molar-refractivity contribution is 7.15. The summed E-state index contributed by atoms with van der Waals surface area (Å²) >= 11 is 1.43. The molecule has 1 aliphatic rings. The lowest BCUT2D eigenvalue weighted by molar-refractivity contribution is -0.115. The molecule has 0 bridgehead atoms. The van der Waals surface area contributed by atoms with E-state index in [1.54, 1.807) is 0 Å². The van der Waals surface area contributed by atoms with Crippen LogP contribution in [-0.4, -0.2) is 28.7 Å². The summed E-state index contributed by atoms with van der Waals surface area (Å²) in [5.74, 6) is -0.0469. The number of nitrogens with one attached hydrogen (secondary N) is 2. The molecule has 3 rings (SSSR count). The fraction of sp³-hybridized carbons (Fsp3) is 0.438. The zero-order chi connectivity index (χ0) is 15.2. The molecule has 0 atom stereocenters. The molecule has 2 N–H and O–H groups in total. The number of anilines is 1. The normalized spacial score (nSPS) is 15.1. The summed E-state index contributed by atoms with van der Waals surface area (Å²) in [5.41, 5.74) is 1.19. The molecule has 1 aromatic heterocycles. The van der Waals surface area contributed by atoms with Crippen LogP contribution in [0.1, 0.15) is 36.3 Å². The Balaban J connectivity index is 1.47. The highest BCUT2D eigenvalue weighted by Crippen LogP contribution is 2.19. The molecule has 1 saturated carbocycles. The van der Waals surface area contributed by atoms with Gasteiger partial charge in [0.15, 0.2) is 0 Å². The van der Waals surface area contributed by atoms with Crippen LogP contribution in [0.15, 0.2) is 30.3 Å². The van der Waals surface area contributed by atoms with Gasteiger partial charge in [0, 0.05) is 12.5 Å². The van der Waals surface area contributed by atoms with Crippen molar-refractivity contribution in [2.45, 2.75) is 38.1 Å². The molecule has 0 aliphatic heterocycles. The molecule has 5 nitrogen and oxygen atoms in total. The van der Waals surface area contributed by atoms with Crippen molar-refractivity contribution < 1.29 is 4.79 Å². The van der Waals surface area contributed by atoms with E-state index in [4.69, 9.17) is 0 Å². The van der Waals surface area contributed by atoms with Gasteiger partial charge in [-0.1, -0.05) is 54.5 Å². The number of hydrogen-bond acceptors (Lipinski definition) is 5. The van der Waals surface area contributed by atoms with Crippen molar-refractivity contribution in [3.63, 3.8) is 0 Å². The molecule has 2 aromatic rings. The highest BCUT2D eigenvalue weighted by atomic mass is 32.1. The van der Waals surface area contributed by atoms with Gasteiger partial charge in [-0.3, -0.25) is 10.1 Å². The molecular weight excluding hydrogens is 296 g/mol. The largest absolute Gasteiger partial charge is 0.306 e. The third-order valence-electron chi connectivity index (χ3n) is 3.82. The second-order valence-electron chi connectivity index (χ2n) is 5.57. The van der Waals surface area contributed by atoms with E-state index in [2.05, 4.69) is 33.0 Å². The second kappa shape index (κ2) is 7.47. The van der Waals surface area contributed by atoms with Gasteiger partial charge in [0.25, 0.3) is 0 Å². The van der Waals surface area contributed by atoms with Crippen LogP contribution in [0.25, 0.3) is 0 Å². The summed E-state index contributed by atoms with van der Waals surface area (Å²) in [7, 11) is 0. The lowest BCUT2D eigenvalue weighted by atomic mass is 10.2. The predicted molar refractivity (Wildman–Crippen MR) is 88.0 cm³/mol. The van der Waals surface area contributed by atoms with E-state index < -0.39 is 0 Å². The van der Waals surface area contributed by atoms with E-state index in [0.29, 0.717) is 17.7 Å². The van der Waals surface area contributed by atoms with Crippen LogP contribution < -0.4 is 10.6 Å². The minimum Gasteiger partial charge on any atom is -0.306 e. The molecule has 1 heterocycles. The molecule has 6 heteroatoms. The lowest BCUT2D eigenvalue weighted by Crippen LogP contribution is -2.34. The van der Waals surface area contributed by atoms with Gasteiger partial charge in [0.05, 0.1) is 6.54 Å². The molecule has 1 aliphatic carbocycles. The van der Waals surface area contributed by atoms with Crippen LogP contribution >= 0.6 is 11.3 Å². The fourth-order valence-corrected chi connectivity index (χ4v) is 3.47. The number of rotatable bonds is 6. The van der Waals surface area contributed by atoms with Crippen molar-refractivity contribution in [2.75, 3.05) is 11.9 Å². The summed E-state index contributed by atoms with van der Waals surface area (Å²) in [4.78, 5) is 11.9. The van der Waals surface area contributed by atoms with Crippen LogP contribution in [0.4, 0.5) is 5.13 Å². The molecule has 22 heavy (non-hydrogen) atoms. The van der Waals surface area contributed by atoms with Crippen molar-refractivity contribution >= 4 is 22.4 Å². The number of carbonyl (C=O) groups excluding carboxylic acids is 1. The first-order valence-electron chi connectivity index (χ1n) is 7.69. The van der Waals surface area contributed by atoms with Crippen LogP contribution in [0.2, 0.25) is 0 Å². The van der Waals surface area contributed by atoms with Crippen LogP contribution in [0, 0.1) is 0 Å². The van der Waals surface area contributed by atoms with Gasteiger partial charge in [0.1, 0.15) is 5.01 Å². The first kappa shape index (κ1) is 15.1. The average molecular weight is 316 g/mol. The smallest absolute Gasteiger partial charge is 0.240 e. The summed E-state index contributed by atoms with van der Waals surface area (Å²) < 4.78 is 0. The number of nitrogens with zero attached hydrogens (tertiary/aromatic N) is 2. The highest BCUT2D eigenvalue weighted by Gasteiger charge is 2.16. The van der Waals surface area contributed by atoms with Crippen LogP contribution in [0.5, 0.6) is 0 Å². The number of benzene rings is 1. The Morgan fingerprint density at radius 2 is 1.95 bits per heavy atom. The third kappa shape index (κ3) is 4.35. The Hall–Kier alpha value is -1.79. The molecular formula is C16H20N4OS. The van der Waals surface area contributed by atoms with E-state index in [1.807, 2.05) is 18.2 Å². The maximum Gasteiger partial charge on any atom is 0.240 e. The summed E-state index contributed by atoms with van der Waals surface area (Å²) in [6.45, 7) is 0.346. The third-order valence-corrected chi connectivity index (χ3v) is 4.66. The lowest BCUT2D eigenvalue weighted by Gasteiger charge is -2.10. The van der Waals surface area contributed by atoms with Gasteiger partial charge in [-0.05, 0) is 18.4 Å². The molecule has 116 valence electrons. The second-order valence-corrected chi connectivity index (χ2v) is 6.64. The van der Waals surface area contributed by atoms with Crippen molar-refractivity contribution in [1.29, 1.82) is 0 Å². The number of hydrogen-bond donors (Lipinski definition) is 2. The predicted octanol–water partition coefficient (Wildman–Crippen LogP) is 2.60. The SMILES string of the molecule is O=C(CNC1CCCC1)Nc1nnc(Cc2ccccc2)s1. The Bertz CT molecular complexity index is 608. The van der Waals surface area contributed by atoms with Gasteiger partial charge >= 0.3 is 0 Å². The topological polar surface area (TPSA) is 66.9 Å². The summed E-state index contributed by atoms with van der Waals surface area (Å²) in [6, 6.07) is 10.6. The van der Waals surface area contributed by atoms with E-state index in [1.165, 1.54) is 42.6 Å². The van der Waals surface area contributed by atoms with Gasteiger partial charge in [-0.2, -0.15) is 0 Å². The number of amides is 1. The number of carbonyl (C=O) groups is 1. The van der Waals surface area contributed by atoms with Crippen molar-refractivity contribution in [1.82, 2.24) is 15.5 Å². The molecule has 1 amide bonds. The monoisotopic (exact) mass is 316 g/mol. The first-order chi connectivity index (χ1) is 10.8. The van der Waals surface area contributed by atoms with Gasteiger partial charge in [-0.25, -0.2) is 0 Å². The Kier molecular flexibility index (Phi) is 5.13. The quantitative estimate of drug-likeness (QED) is 0.859. The minimum atomic E-state index is -0.0469. The van der Waals surface area contributed by atoms with E-state index >= 15 is 0 Å². The molecule has 1 fully saturated rings. The maximum absolute atomic E-state index is 11.9.